The van der Waals surface area contributed by atoms with E-state index in [4.69, 9.17) is 9.84 Å². The van der Waals surface area contributed by atoms with Crippen molar-refractivity contribution in [3.8, 4) is 0 Å². The van der Waals surface area contributed by atoms with E-state index in [2.05, 4.69) is 5.32 Å². The molecule has 0 aromatic rings. The van der Waals surface area contributed by atoms with Gasteiger partial charge in [0.25, 0.3) is 0 Å². The average molecular weight is 208 g/mol. The first-order valence-electron chi connectivity index (χ1n) is 4.33. The SMILES string of the molecule is Cl.O=C(O)C1CCCC2(CNC2)O1. The first kappa shape index (κ1) is 10.8. The summed E-state index contributed by atoms with van der Waals surface area (Å²) >= 11 is 0. The second kappa shape index (κ2) is 3.82. The first-order valence-corrected chi connectivity index (χ1v) is 4.33. The number of nitrogens with one attached hydrogen (secondary N) is 1. The van der Waals surface area contributed by atoms with E-state index in [0.29, 0.717) is 6.42 Å². The lowest BCUT2D eigenvalue weighted by atomic mass is 9.86. The standard InChI is InChI=1S/C8H13NO3.ClH/c10-7(11)6-2-1-3-8(12-6)4-9-5-8;/h6,9H,1-5H2,(H,10,11);1H. The number of carboxylic acids is 1. The molecule has 2 N–H and O–H groups in total. The molecule has 2 aliphatic rings. The number of carboxylic acid groups (broad SMARTS) is 1. The zero-order valence-electron chi connectivity index (χ0n) is 7.28. The van der Waals surface area contributed by atoms with Gasteiger partial charge in [-0.3, -0.25) is 0 Å². The molecule has 0 saturated carbocycles. The maximum absolute atomic E-state index is 10.6. The minimum Gasteiger partial charge on any atom is -0.479 e. The Bertz CT molecular complexity index is 206. The van der Waals surface area contributed by atoms with Crippen molar-refractivity contribution in [2.45, 2.75) is 31.0 Å². The van der Waals surface area contributed by atoms with Gasteiger partial charge in [0.1, 0.15) is 0 Å². The Balaban J connectivity index is 0.000000845. The van der Waals surface area contributed by atoms with Crippen LogP contribution in [0, 0.1) is 0 Å². The first-order chi connectivity index (χ1) is 5.72. The van der Waals surface area contributed by atoms with Gasteiger partial charge >= 0.3 is 5.97 Å². The van der Waals surface area contributed by atoms with Gasteiger partial charge in [0.05, 0.1) is 5.60 Å². The number of carbonyl (C=O) groups is 1. The van der Waals surface area contributed by atoms with Crippen molar-refractivity contribution < 1.29 is 14.6 Å². The van der Waals surface area contributed by atoms with Gasteiger partial charge in [-0.15, -0.1) is 12.4 Å². The van der Waals surface area contributed by atoms with Crippen molar-refractivity contribution in [2.75, 3.05) is 13.1 Å². The van der Waals surface area contributed by atoms with E-state index in [-0.39, 0.29) is 18.0 Å². The zero-order valence-corrected chi connectivity index (χ0v) is 8.10. The molecule has 0 bridgehead atoms. The van der Waals surface area contributed by atoms with E-state index in [1.165, 1.54) is 0 Å². The lowest BCUT2D eigenvalue weighted by Gasteiger charge is -2.46. The van der Waals surface area contributed by atoms with Crippen LogP contribution in [0.1, 0.15) is 19.3 Å². The third kappa shape index (κ3) is 1.95. The minimum absolute atomic E-state index is 0. The molecule has 0 amide bonds. The van der Waals surface area contributed by atoms with Gasteiger partial charge in [-0.25, -0.2) is 4.79 Å². The highest BCUT2D eigenvalue weighted by atomic mass is 35.5. The molecule has 1 unspecified atom stereocenters. The highest BCUT2D eigenvalue weighted by Crippen LogP contribution is 2.31. The molecule has 0 aromatic heterocycles. The van der Waals surface area contributed by atoms with Crippen LogP contribution in [-0.4, -0.2) is 35.9 Å². The summed E-state index contributed by atoms with van der Waals surface area (Å²) in [4.78, 5) is 10.6. The molecule has 2 saturated heterocycles. The summed E-state index contributed by atoms with van der Waals surface area (Å²) in [6.07, 6.45) is 2.07. The van der Waals surface area contributed by atoms with Crippen LogP contribution in [0.15, 0.2) is 0 Å². The Morgan fingerprint density at radius 2 is 2.23 bits per heavy atom. The maximum atomic E-state index is 10.6. The van der Waals surface area contributed by atoms with Crippen LogP contribution in [0.2, 0.25) is 0 Å². The summed E-state index contributed by atoms with van der Waals surface area (Å²) in [5.41, 5.74) is -0.138. The summed E-state index contributed by atoms with van der Waals surface area (Å²) in [5.74, 6) is -0.819. The van der Waals surface area contributed by atoms with Crippen LogP contribution in [0.3, 0.4) is 0 Å². The molecule has 2 rings (SSSR count). The topological polar surface area (TPSA) is 58.6 Å². The van der Waals surface area contributed by atoms with E-state index in [9.17, 15) is 4.79 Å². The number of hydrogen-bond acceptors (Lipinski definition) is 3. The second-order valence-electron chi connectivity index (χ2n) is 3.62. The summed E-state index contributed by atoms with van der Waals surface area (Å²) in [6, 6.07) is 0. The fraction of sp³-hybridized carbons (Fsp3) is 0.875. The lowest BCUT2D eigenvalue weighted by Crippen LogP contribution is -2.64. The number of rotatable bonds is 1. The normalized spacial score (nSPS) is 30.3. The molecule has 76 valence electrons. The summed E-state index contributed by atoms with van der Waals surface area (Å²) in [5, 5.41) is 11.9. The molecular formula is C8H14ClNO3. The molecule has 13 heavy (non-hydrogen) atoms. The lowest BCUT2D eigenvalue weighted by molar-refractivity contribution is -0.184. The van der Waals surface area contributed by atoms with Crippen molar-refractivity contribution in [2.24, 2.45) is 0 Å². The van der Waals surface area contributed by atoms with Gasteiger partial charge in [-0.05, 0) is 19.3 Å². The fourth-order valence-corrected chi connectivity index (χ4v) is 1.87. The quantitative estimate of drug-likeness (QED) is 0.654. The Kier molecular flexibility index (Phi) is 3.16. The molecule has 0 aromatic carbocycles. The minimum atomic E-state index is -0.819. The van der Waals surface area contributed by atoms with E-state index < -0.39 is 12.1 Å². The van der Waals surface area contributed by atoms with Crippen LogP contribution in [-0.2, 0) is 9.53 Å². The third-order valence-electron chi connectivity index (χ3n) is 2.66. The molecule has 4 nitrogen and oxygen atoms in total. The van der Waals surface area contributed by atoms with Crippen molar-refractivity contribution in [1.82, 2.24) is 5.32 Å². The highest BCUT2D eigenvalue weighted by molar-refractivity contribution is 5.85. The Morgan fingerprint density at radius 3 is 2.69 bits per heavy atom. The molecule has 2 aliphatic heterocycles. The predicted molar refractivity (Wildman–Crippen MR) is 49.2 cm³/mol. The molecule has 1 spiro atoms. The van der Waals surface area contributed by atoms with Crippen LogP contribution in [0.4, 0.5) is 0 Å². The zero-order chi connectivity index (χ0) is 8.60. The number of hydrogen-bond donors (Lipinski definition) is 2. The van der Waals surface area contributed by atoms with Gasteiger partial charge in [-0.1, -0.05) is 0 Å². The smallest absolute Gasteiger partial charge is 0.332 e. The van der Waals surface area contributed by atoms with Crippen LogP contribution in [0.25, 0.3) is 0 Å². The van der Waals surface area contributed by atoms with E-state index in [0.717, 1.165) is 25.9 Å². The van der Waals surface area contributed by atoms with Crippen molar-refractivity contribution in [3.63, 3.8) is 0 Å². The Hall–Kier alpha value is -0.320. The summed E-state index contributed by atoms with van der Waals surface area (Å²) in [7, 11) is 0. The molecular weight excluding hydrogens is 194 g/mol. The average Bonchev–Trinajstić information content (AvgIpc) is 2.02. The Labute approximate surface area is 83.1 Å². The molecule has 2 heterocycles. The fourth-order valence-electron chi connectivity index (χ4n) is 1.87. The van der Waals surface area contributed by atoms with Crippen molar-refractivity contribution >= 4 is 18.4 Å². The van der Waals surface area contributed by atoms with E-state index >= 15 is 0 Å². The van der Waals surface area contributed by atoms with Crippen LogP contribution in [0.5, 0.6) is 0 Å². The van der Waals surface area contributed by atoms with E-state index in [1.807, 2.05) is 0 Å². The van der Waals surface area contributed by atoms with Crippen molar-refractivity contribution in [3.05, 3.63) is 0 Å². The number of ether oxygens (including phenoxy) is 1. The largest absolute Gasteiger partial charge is 0.479 e. The van der Waals surface area contributed by atoms with Gasteiger partial charge < -0.3 is 15.2 Å². The second-order valence-corrected chi connectivity index (χ2v) is 3.62. The molecule has 5 heteroatoms. The predicted octanol–water partition coefficient (Wildman–Crippen LogP) is 0.404. The summed E-state index contributed by atoms with van der Waals surface area (Å²) < 4.78 is 5.51. The highest BCUT2D eigenvalue weighted by Gasteiger charge is 2.44. The Morgan fingerprint density at radius 1 is 1.54 bits per heavy atom. The summed E-state index contributed by atoms with van der Waals surface area (Å²) in [6.45, 7) is 1.63. The van der Waals surface area contributed by atoms with Gasteiger partial charge in [0.2, 0.25) is 0 Å². The van der Waals surface area contributed by atoms with Gasteiger partial charge in [0.15, 0.2) is 6.10 Å². The van der Waals surface area contributed by atoms with Crippen LogP contribution < -0.4 is 5.32 Å². The van der Waals surface area contributed by atoms with Crippen molar-refractivity contribution in [1.29, 1.82) is 0 Å². The molecule has 2 fully saturated rings. The van der Waals surface area contributed by atoms with E-state index in [1.54, 1.807) is 0 Å². The third-order valence-corrected chi connectivity index (χ3v) is 2.66. The van der Waals surface area contributed by atoms with Gasteiger partial charge in [0, 0.05) is 13.1 Å². The number of aliphatic carboxylic acids is 1. The molecule has 0 aliphatic carbocycles. The number of halogens is 1. The monoisotopic (exact) mass is 207 g/mol. The maximum Gasteiger partial charge on any atom is 0.332 e. The molecule has 1 atom stereocenters. The molecule has 0 radical (unpaired) electrons. The van der Waals surface area contributed by atoms with Crippen LogP contribution >= 0.6 is 12.4 Å². The van der Waals surface area contributed by atoms with Gasteiger partial charge in [-0.2, -0.15) is 0 Å².